The third-order valence-electron chi connectivity index (χ3n) is 4.18. The first kappa shape index (κ1) is 21.1. The predicted octanol–water partition coefficient (Wildman–Crippen LogP) is 5.03. The number of carbonyl (C=O) groups is 1. The maximum absolute atomic E-state index is 12.3. The van der Waals surface area contributed by atoms with Crippen LogP contribution in [0.15, 0.2) is 35.3 Å². The molecule has 3 rings (SSSR count). The Morgan fingerprint density at radius 2 is 1.85 bits per heavy atom. The highest BCUT2D eigenvalue weighted by Crippen LogP contribution is 2.21. The number of nitrogens with zero attached hydrogens (tertiary/aromatic N) is 2. The number of nitrogens with one attached hydrogen (secondary N) is 1. The Morgan fingerprint density at radius 3 is 2.52 bits per heavy atom. The summed E-state index contributed by atoms with van der Waals surface area (Å²) >= 11 is 1.25. The summed E-state index contributed by atoms with van der Waals surface area (Å²) in [6.45, 7) is 7.11. The summed E-state index contributed by atoms with van der Waals surface area (Å²) in [6.07, 6.45) is 9.56. The molecule has 0 spiro atoms. The molecule has 0 fully saturated rings. The Labute approximate surface area is 164 Å². The van der Waals surface area contributed by atoms with E-state index in [1.807, 2.05) is 13.0 Å². The summed E-state index contributed by atoms with van der Waals surface area (Å²) in [5, 5.41) is 3.29. The summed E-state index contributed by atoms with van der Waals surface area (Å²) in [5.41, 5.74) is 0.448. The van der Waals surface area contributed by atoms with E-state index in [1.54, 1.807) is 24.4 Å². The van der Waals surface area contributed by atoms with Crippen molar-refractivity contribution in [3.05, 3.63) is 45.7 Å². The zero-order valence-electron chi connectivity index (χ0n) is 16.5. The van der Waals surface area contributed by atoms with E-state index in [2.05, 4.69) is 24.1 Å². The maximum Gasteiger partial charge on any atom is 0.266 e. The molecule has 3 heterocycles. The maximum atomic E-state index is 12.3. The van der Waals surface area contributed by atoms with Crippen molar-refractivity contribution in [2.75, 3.05) is 6.54 Å². The number of rotatable bonds is 7. The third kappa shape index (κ3) is 5.63. The Hall–Kier alpha value is -2.21. The van der Waals surface area contributed by atoms with Crippen molar-refractivity contribution in [2.24, 2.45) is 0 Å². The van der Waals surface area contributed by atoms with Gasteiger partial charge in [-0.25, -0.2) is 4.98 Å². The number of fused-ring (bicyclic) bond motifs is 2. The summed E-state index contributed by atoms with van der Waals surface area (Å²) in [6, 6.07) is 7.01. The van der Waals surface area contributed by atoms with Gasteiger partial charge in [-0.1, -0.05) is 58.9 Å². The summed E-state index contributed by atoms with van der Waals surface area (Å²) in [5.74, 6) is -0.150. The zero-order valence-corrected chi connectivity index (χ0v) is 17.3. The van der Waals surface area contributed by atoms with Crippen molar-refractivity contribution in [2.45, 2.75) is 59.3 Å². The van der Waals surface area contributed by atoms with Gasteiger partial charge in [0.1, 0.15) is 10.5 Å². The minimum absolute atomic E-state index is 0.142. The average Bonchev–Trinajstić information content (AvgIpc) is 3.12. The number of hydrogen-bond donors (Lipinski definition) is 1. The number of unbranched alkanes of at least 4 members (excludes halogenated alkanes) is 4. The van der Waals surface area contributed by atoms with Gasteiger partial charge in [0.2, 0.25) is 0 Å². The van der Waals surface area contributed by atoms with Crippen LogP contribution < -0.4 is 10.9 Å². The topological polar surface area (TPSA) is 63.5 Å². The van der Waals surface area contributed by atoms with Gasteiger partial charge in [-0.05, 0) is 24.6 Å². The smallest absolute Gasteiger partial charge is 0.266 e. The first-order chi connectivity index (χ1) is 13.1. The van der Waals surface area contributed by atoms with Gasteiger partial charge >= 0.3 is 0 Å². The standard InChI is InChI=1S/C14H13N3O2S.C7H16/c1-2-6-15-12(18)10-8-9-13(20-10)16-11-5-3-4-7-17(11)14(9)19;1-3-5-7-6-4-2/h3-5,7-8H,2,6H2,1H3,(H,15,18);3-7H2,1-2H3. The van der Waals surface area contributed by atoms with Gasteiger partial charge in [-0.2, -0.15) is 0 Å². The van der Waals surface area contributed by atoms with Crippen LogP contribution in [-0.4, -0.2) is 21.8 Å². The van der Waals surface area contributed by atoms with E-state index < -0.39 is 0 Å². The molecule has 1 N–H and O–H groups in total. The molecule has 146 valence electrons. The van der Waals surface area contributed by atoms with Crippen molar-refractivity contribution in [1.29, 1.82) is 0 Å². The minimum Gasteiger partial charge on any atom is -0.351 e. The number of pyridine rings is 1. The van der Waals surface area contributed by atoms with Crippen LogP contribution in [0.4, 0.5) is 0 Å². The first-order valence-electron chi connectivity index (χ1n) is 9.81. The van der Waals surface area contributed by atoms with Gasteiger partial charge in [-0.3, -0.25) is 14.0 Å². The molecular weight excluding hydrogens is 358 g/mol. The number of hydrogen-bond acceptors (Lipinski definition) is 4. The Balaban J connectivity index is 0.000000321. The molecule has 1 amide bonds. The normalized spacial score (nSPS) is 10.6. The summed E-state index contributed by atoms with van der Waals surface area (Å²) < 4.78 is 1.49. The van der Waals surface area contributed by atoms with Crippen LogP contribution in [0.25, 0.3) is 15.9 Å². The lowest BCUT2D eigenvalue weighted by molar-refractivity contribution is 0.0958. The first-order valence-corrected chi connectivity index (χ1v) is 10.6. The fourth-order valence-electron chi connectivity index (χ4n) is 2.66. The molecule has 6 heteroatoms. The van der Waals surface area contributed by atoms with E-state index in [-0.39, 0.29) is 11.5 Å². The van der Waals surface area contributed by atoms with Gasteiger partial charge in [0.15, 0.2) is 0 Å². The molecule has 0 unspecified atom stereocenters. The second-order valence-corrected chi connectivity index (χ2v) is 7.52. The van der Waals surface area contributed by atoms with Crippen molar-refractivity contribution < 1.29 is 4.79 Å². The van der Waals surface area contributed by atoms with Crippen LogP contribution in [-0.2, 0) is 0 Å². The fraction of sp³-hybridized carbons (Fsp3) is 0.476. The van der Waals surface area contributed by atoms with E-state index >= 15 is 0 Å². The highest BCUT2D eigenvalue weighted by atomic mass is 32.1. The molecule has 0 saturated heterocycles. The number of amides is 1. The Bertz CT molecular complexity index is 926. The molecule has 3 aromatic rings. The lowest BCUT2D eigenvalue weighted by Gasteiger charge is -1.98. The third-order valence-corrected chi connectivity index (χ3v) is 5.21. The van der Waals surface area contributed by atoms with Crippen molar-refractivity contribution in [3.8, 4) is 0 Å². The largest absolute Gasteiger partial charge is 0.351 e. The van der Waals surface area contributed by atoms with Crippen LogP contribution in [0, 0.1) is 0 Å². The SMILES string of the molecule is CCCCCCC.CCCNC(=O)c1cc2c(=O)n3ccccc3nc2s1. The Kier molecular flexibility index (Phi) is 8.45. The number of thiophene rings is 1. The molecule has 27 heavy (non-hydrogen) atoms. The van der Waals surface area contributed by atoms with Crippen LogP contribution in [0.5, 0.6) is 0 Å². The van der Waals surface area contributed by atoms with Crippen LogP contribution in [0.2, 0.25) is 0 Å². The quantitative estimate of drug-likeness (QED) is 0.579. The predicted molar refractivity (Wildman–Crippen MR) is 114 cm³/mol. The van der Waals surface area contributed by atoms with Crippen LogP contribution in [0.3, 0.4) is 0 Å². The van der Waals surface area contributed by atoms with E-state index in [1.165, 1.54) is 47.8 Å². The highest BCUT2D eigenvalue weighted by Gasteiger charge is 2.14. The van der Waals surface area contributed by atoms with E-state index in [9.17, 15) is 9.59 Å². The average molecular weight is 388 g/mol. The minimum atomic E-state index is -0.150. The van der Waals surface area contributed by atoms with E-state index in [4.69, 9.17) is 0 Å². The molecule has 0 atom stereocenters. The second-order valence-electron chi connectivity index (χ2n) is 6.49. The van der Waals surface area contributed by atoms with Gasteiger partial charge in [0.05, 0.1) is 10.3 Å². The molecular formula is C21H29N3O2S. The lowest BCUT2D eigenvalue weighted by atomic mass is 10.2. The van der Waals surface area contributed by atoms with Crippen molar-refractivity contribution in [1.82, 2.24) is 14.7 Å². The van der Waals surface area contributed by atoms with E-state index in [0.717, 1.165) is 6.42 Å². The molecule has 0 saturated carbocycles. The fourth-order valence-corrected chi connectivity index (χ4v) is 3.61. The van der Waals surface area contributed by atoms with Crippen molar-refractivity contribution in [3.63, 3.8) is 0 Å². The molecule has 0 aromatic carbocycles. The van der Waals surface area contributed by atoms with Crippen molar-refractivity contribution >= 4 is 33.1 Å². The monoisotopic (exact) mass is 387 g/mol. The van der Waals surface area contributed by atoms with Crippen LogP contribution in [0.1, 0.15) is 69.0 Å². The molecule has 0 aliphatic rings. The van der Waals surface area contributed by atoms with Gasteiger partial charge < -0.3 is 5.32 Å². The lowest BCUT2D eigenvalue weighted by Crippen LogP contribution is -2.22. The molecule has 0 bridgehead atoms. The Morgan fingerprint density at radius 1 is 1.11 bits per heavy atom. The van der Waals surface area contributed by atoms with Gasteiger partial charge in [-0.15, -0.1) is 11.3 Å². The van der Waals surface area contributed by atoms with Crippen LogP contribution >= 0.6 is 11.3 Å². The highest BCUT2D eigenvalue weighted by molar-refractivity contribution is 7.20. The number of aromatic nitrogens is 2. The molecule has 0 aliphatic heterocycles. The second kappa shape index (κ2) is 10.8. The van der Waals surface area contributed by atoms with Gasteiger partial charge in [0, 0.05) is 12.7 Å². The van der Waals surface area contributed by atoms with E-state index in [0.29, 0.717) is 27.3 Å². The van der Waals surface area contributed by atoms with Gasteiger partial charge in [0.25, 0.3) is 11.5 Å². The molecule has 0 aliphatic carbocycles. The molecule has 5 nitrogen and oxygen atoms in total. The zero-order chi connectivity index (χ0) is 19.6. The molecule has 3 aromatic heterocycles. The summed E-state index contributed by atoms with van der Waals surface area (Å²) in [7, 11) is 0. The number of carbonyl (C=O) groups excluding carboxylic acids is 1. The summed E-state index contributed by atoms with van der Waals surface area (Å²) in [4.78, 5) is 29.8. The molecule has 0 radical (unpaired) electrons.